The minimum atomic E-state index is -0.461. The molecule has 5 heteroatoms. The number of benzene rings is 1. The summed E-state index contributed by atoms with van der Waals surface area (Å²) in [5, 5.41) is 0. The Bertz CT molecular complexity index is 368. The van der Waals surface area contributed by atoms with Gasteiger partial charge < -0.3 is 15.4 Å². The normalized spacial score (nSPS) is 9.80. The summed E-state index contributed by atoms with van der Waals surface area (Å²) >= 11 is 3.36. The van der Waals surface area contributed by atoms with Crippen molar-refractivity contribution in [2.75, 3.05) is 14.2 Å². The third-order valence-electron chi connectivity index (χ3n) is 2.03. The van der Waals surface area contributed by atoms with Crippen molar-refractivity contribution in [3.8, 4) is 5.75 Å². The van der Waals surface area contributed by atoms with Crippen LogP contribution in [0.2, 0.25) is 0 Å². The molecular weight excluding hydrogens is 260 g/mol. The van der Waals surface area contributed by atoms with Crippen LogP contribution in [-0.2, 0) is 6.54 Å². The highest BCUT2D eigenvalue weighted by molar-refractivity contribution is 9.10. The van der Waals surface area contributed by atoms with Crippen LogP contribution in [0, 0.1) is 0 Å². The second-order valence-electron chi connectivity index (χ2n) is 3.15. The molecule has 0 aliphatic heterocycles. The Morgan fingerprint density at radius 1 is 1.60 bits per heavy atom. The molecule has 82 valence electrons. The van der Waals surface area contributed by atoms with Crippen molar-refractivity contribution in [1.29, 1.82) is 0 Å². The number of primary amides is 1. The molecule has 2 N–H and O–H groups in total. The second kappa shape index (κ2) is 5.02. The van der Waals surface area contributed by atoms with Gasteiger partial charge in [-0.2, -0.15) is 0 Å². The molecule has 0 spiro atoms. The highest BCUT2D eigenvalue weighted by Crippen LogP contribution is 2.23. The maximum atomic E-state index is 10.9. The smallest absolute Gasteiger partial charge is 0.314 e. The van der Waals surface area contributed by atoms with E-state index in [1.165, 1.54) is 4.90 Å². The lowest BCUT2D eigenvalue weighted by Crippen LogP contribution is -2.31. The molecule has 15 heavy (non-hydrogen) atoms. The fourth-order valence-electron chi connectivity index (χ4n) is 1.20. The summed E-state index contributed by atoms with van der Waals surface area (Å²) in [5.41, 5.74) is 6.06. The Labute approximate surface area is 97.1 Å². The summed E-state index contributed by atoms with van der Waals surface area (Å²) in [6.45, 7) is 0.429. The van der Waals surface area contributed by atoms with Crippen LogP contribution in [0.1, 0.15) is 5.56 Å². The maximum absolute atomic E-state index is 10.9. The van der Waals surface area contributed by atoms with Crippen LogP contribution in [-0.4, -0.2) is 25.1 Å². The highest BCUT2D eigenvalue weighted by atomic mass is 79.9. The van der Waals surface area contributed by atoms with E-state index < -0.39 is 6.03 Å². The zero-order valence-corrected chi connectivity index (χ0v) is 10.2. The largest absolute Gasteiger partial charge is 0.496 e. The SMILES string of the molecule is COc1ccc(Br)cc1CN(C)C(N)=O. The van der Waals surface area contributed by atoms with E-state index in [1.54, 1.807) is 14.2 Å². The lowest BCUT2D eigenvalue weighted by molar-refractivity contribution is 0.216. The van der Waals surface area contributed by atoms with E-state index in [-0.39, 0.29) is 0 Å². The molecule has 0 saturated carbocycles. The van der Waals surface area contributed by atoms with Crippen molar-refractivity contribution >= 4 is 22.0 Å². The number of halogens is 1. The Morgan fingerprint density at radius 2 is 2.27 bits per heavy atom. The topological polar surface area (TPSA) is 55.6 Å². The van der Waals surface area contributed by atoms with Gasteiger partial charge in [0.2, 0.25) is 0 Å². The van der Waals surface area contributed by atoms with Crippen molar-refractivity contribution in [3.63, 3.8) is 0 Å². The predicted octanol–water partition coefficient (Wildman–Crippen LogP) is 1.97. The number of nitrogens with two attached hydrogens (primary N) is 1. The molecular formula is C10H13BrN2O2. The first-order valence-electron chi connectivity index (χ1n) is 4.37. The molecule has 0 saturated heterocycles. The van der Waals surface area contributed by atoms with Gasteiger partial charge in [-0.1, -0.05) is 15.9 Å². The molecule has 4 nitrogen and oxygen atoms in total. The van der Waals surface area contributed by atoms with Crippen LogP contribution in [0.15, 0.2) is 22.7 Å². The Kier molecular flexibility index (Phi) is 3.96. The van der Waals surface area contributed by atoms with Crippen LogP contribution in [0.3, 0.4) is 0 Å². The predicted molar refractivity (Wildman–Crippen MR) is 61.7 cm³/mol. The van der Waals surface area contributed by atoms with Gasteiger partial charge in [-0.15, -0.1) is 0 Å². The molecule has 0 unspecified atom stereocenters. The number of hydrogen-bond acceptors (Lipinski definition) is 2. The van der Waals surface area contributed by atoms with Gasteiger partial charge in [-0.3, -0.25) is 0 Å². The van der Waals surface area contributed by atoms with Crippen LogP contribution in [0.25, 0.3) is 0 Å². The first-order valence-corrected chi connectivity index (χ1v) is 5.17. The molecule has 0 aliphatic rings. The Hall–Kier alpha value is -1.23. The first kappa shape index (κ1) is 11.8. The standard InChI is InChI=1S/C10H13BrN2O2/c1-13(10(12)14)6-7-5-8(11)3-4-9(7)15-2/h3-5H,6H2,1-2H3,(H2,12,14). The van der Waals surface area contributed by atoms with E-state index in [9.17, 15) is 4.79 Å². The van der Waals surface area contributed by atoms with Gasteiger partial charge in [0.25, 0.3) is 0 Å². The lowest BCUT2D eigenvalue weighted by atomic mass is 10.2. The number of urea groups is 1. The molecule has 0 aliphatic carbocycles. The van der Waals surface area contributed by atoms with Crippen LogP contribution >= 0.6 is 15.9 Å². The third-order valence-corrected chi connectivity index (χ3v) is 2.52. The number of amides is 2. The minimum absolute atomic E-state index is 0.429. The molecule has 0 radical (unpaired) electrons. The highest BCUT2D eigenvalue weighted by Gasteiger charge is 2.09. The summed E-state index contributed by atoms with van der Waals surface area (Å²) in [4.78, 5) is 12.3. The van der Waals surface area contributed by atoms with E-state index in [4.69, 9.17) is 10.5 Å². The van der Waals surface area contributed by atoms with Gasteiger partial charge in [0.1, 0.15) is 5.75 Å². The van der Waals surface area contributed by atoms with Gasteiger partial charge in [-0.25, -0.2) is 4.79 Å². The summed E-state index contributed by atoms with van der Waals surface area (Å²) in [7, 11) is 3.24. The monoisotopic (exact) mass is 272 g/mol. The van der Waals surface area contributed by atoms with Gasteiger partial charge in [0.15, 0.2) is 0 Å². The van der Waals surface area contributed by atoms with Gasteiger partial charge in [0, 0.05) is 17.1 Å². The first-order chi connectivity index (χ1) is 7.04. The lowest BCUT2D eigenvalue weighted by Gasteiger charge is -2.16. The Balaban J connectivity index is 2.91. The second-order valence-corrected chi connectivity index (χ2v) is 4.07. The third kappa shape index (κ3) is 3.13. The van der Waals surface area contributed by atoms with Crippen LogP contribution in [0.4, 0.5) is 4.79 Å². The van der Waals surface area contributed by atoms with Gasteiger partial charge >= 0.3 is 6.03 Å². The molecule has 0 heterocycles. The molecule has 0 fully saturated rings. The molecule has 0 bridgehead atoms. The molecule has 0 atom stereocenters. The van der Waals surface area contributed by atoms with Crippen molar-refractivity contribution in [3.05, 3.63) is 28.2 Å². The average molecular weight is 273 g/mol. The van der Waals surface area contributed by atoms with Gasteiger partial charge in [0.05, 0.1) is 13.7 Å². The molecule has 1 rings (SSSR count). The summed E-state index contributed by atoms with van der Waals surface area (Å²) in [6, 6.07) is 5.16. The number of rotatable bonds is 3. The number of carbonyl (C=O) groups is 1. The summed E-state index contributed by atoms with van der Waals surface area (Å²) < 4.78 is 6.12. The molecule has 2 amide bonds. The fourth-order valence-corrected chi connectivity index (χ4v) is 1.61. The Morgan fingerprint density at radius 3 is 2.80 bits per heavy atom. The number of ether oxygens (including phenoxy) is 1. The van der Waals surface area contributed by atoms with Crippen LogP contribution < -0.4 is 10.5 Å². The quantitative estimate of drug-likeness (QED) is 0.915. The van der Waals surface area contributed by atoms with Crippen LogP contribution in [0.5, 0.6) is 5.75 Å². The number of carbonyl (C=O) groups excluding carboxylic acids is 1. The molecule has 1 aromatic rings. The fraction of sp³-hybridized carbons (Fsp3) is 0.300. The van der Waals surface area contributed by atoms with Crippen molar-refractivity contribution in [2.24, 2.45) is 5.73 Å². The van der Waals surface area contributed by atoms with Crippen molar-refractivity contribution in [1.82, 2.24) is 4.90 Å². The van der Waals surface area contributed by atoms with E-state index >= 15 is 0 Å². The minimum Gasteiger partial charge on any atom is -0.496 e. The zero-order valence-electron chi connectivity index (χ0n) is 8.66. The van der Waals surface area contributed by atoms with E-state index in [0.717, 1.165) is 15.8 Å². The number of methoxy groups -OCH3 is 1. The number of hydrogen-bond donors (Lipinski definition) is 1. The number of nitrogens with zero attached hydrogens (tertiary/aromatic N) is 1. The molecule has 0 aromatic heterocycles. The van der Waals surface area contributed by atoms with E-state index in [1.807, 2.05) is 18.2 Å². The van der Waals surface area contributed by atoms with E-state index in [0.29, 0.717) is 6.54 Å². The maximum Gasteiger partial charge on any atom is 0.314 e. The molecule has 1 aromatic carbocycles. The summed E-state index contributed by atoms with van der Waals surface area (Å²) in [6.07, 6.45) is 0. The summed E-state index contributed by atoms with van der Waals surface area (Å²) in [5.74, 6) is 0.742. The zero-order chi connectivity index (χ0) is 11.4. The average Bonchev–Trinajstić information content (AvgIpc) is 2.18. The van der Waals surface area contributed by atoms with Crippen molar-refractivity contribution < 1.29 is 9.53 Å². The van der Waals surface area contributed by atoms with E-state index in [2.05, 4.69) is 15.9 Å². The van der Waals surface area contributed by atoms with Crippen molar-refractivity contribution in [2.45, 2.75) is 6.54 Å². The van der Waals surface area contributed by atoms with Gasteiger partial charge in [-0.05, 0) is 18.2 Å².